The number of aromatic nitrogens is 2. The van der Waals surface area contributed by atoms with Crippen molar-refractivity contribution in [3.05, 3.63) is 28.0 Å². The van der Waals surface area contributed by atoms with Gasteiger partial charge < -0.3 is 14.3 Å². The lowest BCUT2D eigenvalue weighted by molar-refractivity contribution is 0.124. The highest BCUT2D eigenvalue weighted by Crippen LogP contribution is 2.19. The lowest BCUT2D eigenvalue weighted by atomic mass is 10.3. The van der Waals surface area contributed by atoms with Gasteiger partial charge in [-0.25, -0.2) is 0 Å². The molecule has 2 aromatic rings. The molecule has 0 aliphatic carbocycles. The van der Waals surface area contributed by atoms with Crippen LogP contribution in [-0.2, 0) is 11.3 Å². The van der Waals surface area contributed by atoms with Crippen LogP contribution in [0.5, 0.6) is 0 Å². The molecule has 0 amide bonds. The zero-order valence-electron chi connectivity index (χ0n) is 10.4. The molecule has 0 aliphatic rings. The molecule has 1 aromatic carbocycles. The highest BCUT2D eigenvalue weighted by molar-refractivity contribution is 7.71. The van der Waals surface area contributed by atoms with Gasteiger partial charge in [-0.2, -0.15) is 0 Å². The first-order chi connectivity index (χ1) is 8.72. The molecule has 1 aromatic heterocycles. The van der Waals surface area contributed by atoms with Crippen molar-refractivity contribution in [1.29, 1.82) is 0 Å². The summed E-state index contributed by atoms with van der Waals surface area (Å²) in [7, 11) is 0. The average molecular weight is 285 g/mol. The summed E-state index contributed by atoms with van der Waals surface area (Å²) in [6, 6.07) is 5.73. The van der Waals surface area contributed by atoms with Crippen molar-refractivity contribution >= 4 is 34.9 Å². The van der Waals surface area contributed by atoms with E-state index in [9.17, 15) is 0 Å². The highest BCUT2D eigenvalue weighted by atomic mass is 35.5. The summed E-state index contributed by atoms with van der Waals surface area (Å²) in [5.41, 5.74) is 2.05. The SMILES string of the molecule is CCCCOCCn1c(=S)[nH]c2ccc(Cl)cc21. The Morgan fingerprint density at radius 1 is 1.39 bits per heavy atom. The first kappa shape index (κ1) is 13.6. The molecular weight excluding hydrogens is 268 g/mol. The van der Waals surface area contributed by atoms with E-state index in [1.165, 1.54) is 0 Å². The van der Waals surface area contributed by atoms with Crippen LogP contribution in [0, 0.1) is 4.77 Å². The number of hydrogen-bond donors (Lipinski definition) is 1. The number of benzene rings is 1. The van der Waals surface area contributed by atoms with Crippen molar-refractivity contribution in [2.24, 2.45) is 0 Å². The van der Waals surface area contributed by atoms with Crippen LogP contribution in [0.3, 0.4) is 0 Å². The van der Waals surface area contributed by atoms with Crippen molar-refractivity contribution < 1.29 is 4.74 Å². The van der Waals surface area contributed by atoms with Gasteiger partial charge >= 0.3 is 0 Å². The predicted molar refractivity (Wildman–Crippen MR) is 77.9 cm³/mol. The summed E-state index contributed by atoms with van der Waals surface area (Å²) in [5, 5.41) is 0.720. The molecule has 1 N–H and O–H groups in total. The monoisotopic (exact) mass is 284 g/mol. The van der Waals surface area contributed by atoms with Crippen LogP contribution in [0.2, 0.25) is 5.02 Å². The number of hydrogen-bond acceptors (Lipinski definition) is 2. The number of H-pyrrole nitrogens is 1. The maximum atomic E-state index is 6.01. The van der Waals surface area contributed by atoms with E-state index in [1.54, 1.807) is 0 Å². The smallest absolute Gasteiger partial charge is 0.178 e. The summed E-state index contributed by atoms with van der Waals surface area (Å²) in [5.74, 6) is 0. The minimum Gasteiger partial charge on any atom is -0.380 e. The number of ether oxygens (including phenoxy) is 1. The standard InChI is InChI=1S/C13H17ClN2OS/c1-2-3-7-17-8-6-16-12-9-10(14)4-5-11(12)15-13(16)18/h4-5,9H,2-3,6-8H2,1H3,(H,15,18). The third-order valence-corrected chi connectivity index (χ3v) is 3.40. The molecule has 0 atom stereocenters. The van der Waals surface area contributed by atoms with Gasteiger partial charge in [-0.1, -0.05) is 24.9 Å². The summed E-state index contributed by atoms with van der Waals surface area (Å²) < 4.78 is 8.31. The highest BCUT2D eigenvalue weighted by Gasteiger charge is 2.04. The molecular formula is C13H17ClN2OS. The number of halogens is 1. The first-order valence-corrected chi connectivity index (χ1v) is 6.97. The first-order valence-electron chi connectivity index (χ1n) is 6.18. The Bertz CT molecular complexity index is 576. The Morgan fingerprint density at radius 3 is 3.00 bits per heavy atom. The van der Waals surface area contributed by atoms with E-state index in [2.05, 4.69) is 11.9 Å². The molecule has 0 unspecified atom stereocenters. The van der Waals surface area contributed by atoms with Gasteiger partial charge in [0.2, 0.25) is 0 Å². The van der Waals surface area contributed by atoms with Crippen molar-refractivity contribution in [2.75, 3.05) is 13.2 Å². The molecule has 0 radical (unpaired) electrons. The van der Waals surface area contributed by atoms with Gasteiger partial charge in [-0.3, -0.25) is 0 Å². The van der Waals surface area contributed by atoms with Crippen LogP contribution in [0.25, 0.3) is 11.0 Å². The summed E-state index contributed by atoms with van der Waals surface area (Å²) in [6.07, 6.45) is 2.26. The van der Waals surface area contributed by atoms with Gasteiger partial charge in [0.25, 0.3) is 0 Å². The Hall–Kier alpha value is -0.840. The number of aromatic amines is 1. The predicted octanol–water partition coefficient (Wildman–Crippen LogP) is 4.17. The second kappa shape index (κ2) is 6.36. The van der Waals surface area contributed by atoms with Gasteiger partial charge in [0.05, 0.1) is 17.6 Å². The van der Waals surface area contributed by atoms with Crippen LogP contribution in [0.15, 0.2) is 18.2 Å². The minimum absolute atomic E-state index is 0.674. The second-order valence-corrected chi connectivity index (χ2v) is 5.03. The fraction of sp³-hybridized carbons (Fsp3) is 0.462. The van der Waals surface area contributed by atoms with Crippen molar-refractivity contribution in [3.63, 3.8) is 0 Å². The Balaban J connectivity index is 2.10. The van der Waals surface area contributed by atoms with E-state index in [0.717, 1.165) is 42.0 Å². The quantitative estimate of drug-likeness (QED) is 0.637. The maximum Gasteiger partial charge on any atom is 0.178 e. The summed E-state index contributed by atoms with van der Waals surface area (Å²) in [4.78, 5) is 3.17. The van der Waals surface area contributed by atoms with Crippen LogP contribution >= 0.6 is 23.8 Å². The van der Waals surface area contributed by atoms with Crippen molar-refractivity contribution in [3.8, 4) is 0 Å². The topological polar surface area (TPSA) is 29.9 Å². The number of rotatable bonds is 6. The van der Waals surface area contributed by atoms with Gasteiger partial charge in [0.15, 0.2) is 4.77 Å². The second-order valence-electron chi connectivity index (χ2n) is 4.21. The third-order valence-electron chi connectivity index (χ3n) is 2.84. The van der Waals surface area contributed by atoms with E-state index < -0.39 is 0 Å². The van der Waals surface area contributed by atoms with E-state index >= 15 is 0 Å². The largest absolute Gasteiger partial charge is 0.380 e. The molecule has 2 rings (SSSR count). The van der Waals surface area contributed by atoms with Crippen LogP contribution in [0.1, 0.15) is 19.8 Å². The number of nitrogens with zero attached hydrogens (tertiary/aromatic N) is 1. The molecule has 0 bridgehead atoms. The molecule has 1 heterocycles. The van der Waals surface area contributed by atoms with E-state index in [1.807, 2.05) is 22.8 Å². The molecule has 3 nitrogen and oxygen atoms in total. The summed E-state index contributed by atoms with van der Waals surface area (Å²) in [6.45, 7) is 4.39. The lowest BCUT2D eigenvalue weighted by Crippen LogP contribution is -2.06. The van der Waals surface area contributed by atoms with Gasteiger partial charge in [-0.15, -0.1) is 0 Å². The minimum atomic E-state index is 0.674. The average Bonchev–Trinajstić information content (AvgIpc) is 2.65. The lowest BCUT2D eigenvalue weighted by Gasteiger charge is -2.06. The Morgan fingerprint density at radius 2 is 2.22 bits per heavy atom. The fourth-order valence-corrected chi connectivity index (χ4v) is 2.32. The third kappa shape index (κ3) is 3.13. The molecule has 98 valence electrons. The zero-order valence-corrected chi connectivity index (χ0v) is 12.0. The zero-order chi connectivity index (χ0) is 13.0. The van der Waals surface area contributed by atoms with Gasteiger partial charge in [-0.05, 0) is 36.8 Å². The number of imidazole rings is 1. The molecule has 0 spiro atoms. The van der Waals surface area contributed by atoms with E-state index in [-0.39, 0.29) is 0 Å². The molecule has 0 aliphatic heterocycles. The summed E-state index contributed by atoms with van der Waals surface area (Å²) >= 11 is 11.3. The number of nitrogens with one attached hydrogen (secondary N) is 1. The maximum absolute atomic E-state index is 6.01. The van der Waals surface area contributed by atoms with Crippen LogP contribution < -0.4 is 0 Å². The molecule has 0 fully saturated rings. The van der Waals surface area contributed by atoms with Crippen molar-refractivity contribution in [1.82, 2.24) is 9.55 Å². The van der Waals surface area contributed by atoms with Crippen LogP contribution in [-0.4, -0.2) is 22.8 Å². The van der Waals surface area contributed by atoms with Crippen LogP contribution in [0.4, 0.5) is 0 Å². The Labute approximate surface area is 117 Å². The molecule has 18 heavy (non-hydrogen) atoms. The van der Waals surface area contributed by atoms with E-state index in [0.29, 0.717) is 11.4 Å². The van der Waals surface area contributed by atoms with Gasteiger partial charge in [0.1, 0.15) is 0 Å². The molecule has 5 heteroatoms. The normalized spacial score (nSPS) is 11.2. The number of unbranched alkanes of at least 4 members (excludes halogenated alkanes) is 1. The van der Waals surface area contributed by atoms with Gasteiger partial charge in [0, 0.05) is 18.2 Å². The Kier molecular flexibility index (Phi) is 4.80. The fourth-order valence-electron chi connectivity index (χ4n) is 1.85. The molecule has 0 saturated carbocycles. The number of fused-ring (bicyclic) bond motifs is 1. The molecule has 0 saturated heterocycles. The van der Waals surface area contributed by atoms with E-state index in [4.69, 9.17) is 28.6 Å². The van der Waals surface area contributed by atoms with Crippen molar-refractivity contribution in [2.45, 2.75) is 26.3 Å².